The number of anilines is 3. The number of hydrogen-bond donors (Lipinski definition) is 2. The van der Waals surface area contributed by atoms with Crippen LogP contribution in [0.5, 0.6) is 0 Å². The molecule has 1 aliphatic carbocycles. The molecule has 0 radical (unpaired) electrons. The average Bonchev–Trinajstić information content (AvgIpc) is 3.93. The molecule has 2 aliphatic heterocycles. The molecule has 73 heavy (non-hydrogen) atoms. The second-order valence-electron chi connectivity index (χ2n) is 19.4. The number of rotatable bonds is 17. The Balaban J connectivity index is 1.16. The number of allylic oxidation sites excluding steroid dienone is 6. The van der Waals surface area contributed by atoms with E-state index >= 15 is 0 Å². The van der Waals surface area contributed by atoms with Crippen LogP contribution in [0.25, 0.3) is 21.5 Å². The van der Waals surface area contributed by atoms with Crippen LogP contribution in [0.15, 0.2) is 178 Å². The molecule has 0 saturated carbocycles. The minimum atomic E-state index is -4.41. The number of esters is 2. The van der Waals surface area contributed by atoms with E-state index in [-0.39, 0.29) is 36.1 Å². The molecule has 15 heteroatoms. The highest BCUT2D eigenvalue weighted by Crippen LogP contribution is 2.50. The van der Waals surface area contributed by atoms with Crippen molar-refractivity contribution in [2.24, 2.45) is 0 Å². The summed E-state index contributed by atoms with van der Waals surface area (Å²) in [5.41, 5.74) is 9.54. The smallest absolute Gasteiger partial charge is 0.302 e. The molecule has 1 atom stereocenters. The highest BCUT2D eigenvalue weighted by Gasteiger charge is 2.46. The molecule has 2 N–H and O–H groups in total. The highest BCUT2D eigenvalue weighted by atomic mass is 32.2. The van der Waals surface area contributed by atoms with Crippen LogP contribution in [0.2, 0.25) is 0 Å². The molecule has 0 spiro atoms. The topological polar surface area (TPSA) is 155 Å². The Hall–Kier alpha value is -6.85. The van der Waals surface area contributed by atoms with Gasteiger partial charge in [-0.1, -0.05) is 97.8 Å². The minimum Gasteiger partial charge on any atom is -0.464 e. The van der Waals surface area contributed by atoms with Crippen molar-refractivity contribution in [1.29, 1.82) is 0 Å². The maximum Gasteiger partial charge on any atom is 0.302 e. The molecule has 0 fully saturated rings. The van der Waals surface area contributed by atoms with Crippen molar-refractivity contribution in [3.63, 3.8) is 0 Å². The van der Waals surface area contributed by atoms with Gasteiger partial charge < -0.3 is 19.3 Å². The average molecular weight is 1020 g/mol. The van der Waals surface area contributed by atoms with Crippen LogP contribution in [0, 0.1) is 0 Å². The van der Waals surface area contributed by atoms with Gasteiger partial charge in [0.05, 0.1) is 40.6 Å². The Labute approximate surface area is 430 Å². The van der Waals surface area contributed by atoms with Gasteiger partial charge in [0.15, 0.2) is 18.9 Å². The number of nitrogens with zero attached hydrogens (tertiary/aromatic N) is 3. The lowest BCUT2D eigenvalue weighted by Gasteiger charge is -2.32. The first-order valence-corrected chi connectivity index (χ1v) is 26.3. The van der Waals surface area contributed by atoms with Gasteiger partial charge in [-0.3, -0.25) is 14.1 Å². The number of fused-ring (bicyclic) bond motifs is 6. The van der Waals surface area contributed by atoms with Gasteiger partial charge in [-0.25, -0.2) is 5.26 Å². The van der Waals surface area contributed by atoms with Gasteiger partial charge in [-0.15, -0.1) is 4.33 Å². The second kappa shape index (κ2) is 20.9. The summed E-state index contributed by atoms with van der Waals surface area (Å²) in [6, 6.07) is 39.2. The second-order valence-corrected chi connectivity index (χ2v) is 21.6. The zero-order valence-corrected chi connectivity index (χ0v) is 43.2. The van der Waals surface area contributed by atoms with Crippen molar-refractivity contribution >= 4 is 84.1 Å². The fourth-order valence-electron chi connectivity index (χ4n) is 11.0. The fraction of sp³-hybridized carbons (Fsp3) is 0.259. The van der Waals surface area contributed by atoms with Crippen molar-refractivity contribution in [2.75, 3.05) is 36.1 Å². The minimum absolute atomic E-state index is 0.169. The Morgan fingerprint density at radius 2 is 1.44 bits per heavy atom. The molecule has 0 aromatic heterocycles. The molecule has 9 rings (SSSR count). The van der Waals surface area contributed by atoms with Crippen LogP contribution >= 0.6 is 12.0 Å². The van der Waals surface area contributed by atoms with Gasteiger partial charge in [0.25, 0.3) is 10.1 Å². The van der Waals surface area contributed by atoms with Crippen molar-refractivity contribution in [3.05, 3.63) is 180 Å². The monoisotopic (exact) mass is 1020 g/mol. The number of carbonyl (C=O) groups is 2. The van der Waals surface area contributed by atoms with E-state index in [2.05, 4.69) is 120 Å². The van der Waals surface area contributed by atoms with Crippen LogP contribution in [0.4, 0.5) is 22.7 Å². The molecule has 0 saturated heterocycles. The highest BCUT2D eigenvalue weighted by molar-refractivity contribution is 7.94. The molecule has 376 valence electrons. The molecule has 0 bridgehead atoms. The van der Waals surface area contributed by atoms with E-state index in [1.807, 2.05) is 60.7 Å². The summed E-state index contributed by atoms with van der Waals surface area (Å²) in [6.45, 7) is 12.9. The lowest BCUT2D eigenvalue weighted by molar-refractivity contribution is -0.440. The summed E-state index contributed by atoms with van der Waals surface area (Å²) >= 11 is 0.914. The number of benzene rings is 6. The van der Waals surface area contributed by atoms with Gasteiger partial charge in [0.1, 0.15) is 6.61 Å². The van der Waals surface area contributed by atoms with Crippen LogP contribution in [-0.4, -0.2) is 72.8 Å². The normalized spacial score (nSPS) is 17.7. The third kappa shape index (κ3) is 10.3. The molecule has 3 aliphatic rings. The molecule has 6 aromatic rings. The predicted octanol–water partition coefficient (Wildman–Crippen LogP) is 12.3. The molecular formula is C58H58N3O10S2+. The third-order valence-electron chi connectivity index (χ3n) is 14.1. The first kappa shape index (κ1) is 51.1. The van der Waals surface area contributed by atoms with Gasteiger partial charge in [-0.2, -0.15) is 13.0 Å². The Bertz CT molecular complexity index is 3360. The molecule has 13 nitrogen and oxygen atoms in total. The Kier molecular flexibility index (Phi) is 14.6. The molecule has 0 amide bonds. The molecular weight excluding hydrogens is 963 g/mol. The van der Waals surface area contributed by atoms with Gasteiger partial charge in [0.2, 0.25) is 5.69 Å². The third-order valence-corrected chi connectivity index (χ3v) is 15.5. The van der Waals surface area contributed by atoms with Crippen LogP contribution < -0.4 is 9.80 Å². The summed E-state index contributed by atoms with van der Waals surface area (Å²) in [7, 11) is -4.41. The van der Waals surface area contributed by atoms with Crippen molar-refractivity contribution in [3.8, 4) is 0 Å². The molecule has 2 heterocycles. The van der Waals surface area contributed by atoms with Gasteiger partial charge in [-0.05, 0) is 126 Å². The Morgan fingerprint density at radius 1 is 0.795 bits per heavy atom. The quantitative estimate of drug-likeness (QED) is 0.0223. The first-order valence-electron chi connectivity index (χ1n) is 24.1. The largest absolute Gasteiger partial charge is 0.464 e. The van der Waals surface area contributed by atoms with Crippen molar-refractivity contribution < 1.29 is 51.2 Å². The van der Waals surface area contributed by atoms with E-state index in [1.165, 1.54) is 26.0 Å². The van der Waals surface area contributed by atoms with Crippen molar-refractivity contribution in [2.45, 2.75) is 81.0 Å². The lowest BCUT2D eigenvalue weighted by Crippen LogP contribution is -2.41. The van der Waals surface area contributed by atoms with Crippen LogP contribution in [0.3, 0.4) is 0 Å². The molecule has 1 unspecified atom stereocenters. The standard InChI is InChI=1S/C58H57N3O10S2/c1-38(62)68-34-32-59-50-30-23-43-37-47(73(65,66)67)26-28-49(43)55(50)57(3,4)52(59)19-13-14-40-20-21-41(56(40)61(44-15-9-7-10-16-44)45-17-11-8-12-18-45)24-31-53-58(5,6)54-48-27-25-46(72-71-70-64)36-42(48)22-29-51(54)60(53)33-35-69-39(2)63/h7-19,22-31,36-37,52H,20-21,32-35H2,1-6H3,(H-,64,65,66,67)/p+1/b19-13+,40-14+. The predicted molar refractivity (Wildman–Crippen MR) is 286 cm³/mol. The van der Waals surface area contributed by atoms with E-state index in [0.29, 0.717) is 18.5 Å². The number of carbonyl (C=O) groups excluding carboxylic acids is 2. The summed E-state index contributed by atoms with van der Waals surface area (Å²) in [5, 5.41) is 16.3. The van der Waals surface area contributed by atoms with Crippen LogP contribution in [-0.2, 0) is 49.4 Å². The maximum atomic E-state index is 12.1. The van der Waals surface area contributed by atoms with Crippen molar-refractivity contribution in [1.82, 2.24) is 0 Å². The van der Waals surface area contributed by atoms with Gasteiger partial charge in [0, 0.05) is 58.9 Å². The first-order chi connectivity index (χ1) is 35.0. The summed E-state index contributed by atoms with van der Waals surface area (Å²) < 4.78 is 52.2. The van der Waals surface area contributed by atoms with E-state index in [0.717, 1.165) is 102 Å². The van der Waals surface area contributed by atoms with E-state index in [4.69, 9.17) is 19.1 Å². The zero-order valence-electron chi connectivity index (χ0n) is 41.6. The summed E-state index contributed by atoms with van der Waals surface area (Å²) in [5.74, 6) is -0.706. The number of hydrogen-bond acceptors (Lipinski definition) is 12. The number of ether oxygens (including phenoxy) is 2. The van der Waals surface area contributed by atoms with E-state index in [9.17, 15) is 22.6 Å². The maximum absolute atomic E-state index is 12.1. The summed E-state index contributed by atoms with van der Waals surface area (Å²) in [6.07, 6.45) is 12.5. The fourth-order valence-corrected chi connectivity index (χ4v) is 11.9. The zero-order chi connectivity index (χ0) is 51.7. The Morgan fingerprint density at radius 3 is 2.11 bits per heavy atom. The number of para-hydroxylation sites is 2. The molecule has 6 aromatic carbocycles. The van der Waals surface area contributed by atoms with E-state index in [1.54, 1.807) is 6.07 Å². The van der Waals surface area contributed by atoms with Gasteiger partial charge >= 0.3 is 11.9 Å². The lowest BCUT2D eigenvalue weighted by atomic mass is 9.78. The summed E-state index contributed by atoms with van der Waals surface area (Å²) in [4.78, 5) is 29.2. The van der Waals surface area contributed by atoms with E-state index < -0.39 is 20.9 Å². The SMILES string of the molecule is CC(=O)OCCN1c2ccc3cc(S(=O)(=O)O)ccc3c2C(C)(C)C1/C=C/C=C1\CCC(/C=C/C2=[N+](CCOC(C)=O)c3ccc4cc(SOOO)ccc4c3C2(C)C)=C1N(c1ccccc1)c1ccccc1. The van der Waals surface area contributed by atoms with Crippen LogP contribution in [0.1, 0.15) is 65.5 Å².